The van der Waals surface area contributed by atoms with Crippen molar-refractivity contribution < 1.29 is 14.7 Å². The Morgan fingerprint density at radius 1 is 1.23 bits per heavy atom. The second-order valence-electron chi connectivity index (χ2n) is 3.47. The minimum atomic E-state index is -1.06. The third-order valence-electron chi connectivity index (χ3n) is 2.28. The second-order valence-corrected chi connectivity index (χ2v) is 3.47. The zero-order valence-electron chi connectivity index (χ0n) is 7.58. The van der Waals surface area contributed by atoms with E-state index in [2.05, 4.69) is 5.32 Å². The maximum atomic E-state index is 11.0. The Bertz CT molecular complexity index is 197. The van der Waals surface area contributed by atoms with Crippen molar-refractivity contribution in [1.82, 2.24) is 5.32 Å². The molecule has 0 aromatic heterocycles. The van der Waals surface area contributed by atoms with Gasteiger partial charge in [0.1, 0.15) is 6.42 Å². The van der Waals surface area contributed by atoms with E-state index in [1.165, 1.54) is 6.42 Å². The molecule has 4 nitrogen and oxygen atoms in total. The van der Waals surface area contributed by atoms with Crippen molar-refractivity contribution in [3.8, 4) is 0 Å². The molecule has 0 unspecified atom stereocenters. The fraction of sp³-hybridized carbons (Fsp3) is 0.778. The van der Waals surface area contributed by atoms with Crippen LogP contribution in [-0.2, 0) is 9.59 Å². The number of hydrogen-bond acceptors (Lipinski definition) is 2. The van der Waals surface area contributed by atoms with Gasteiger partial charge < -0.3 is 10.4 Å². The molecule has 0 saturated heterocycles. The molecule has 4 heteroatoms. The van der Waals surface area contributed by atoms with Crippen LogP contribution in [0.1, 0.15) is 38.5 Å². The summed E-state index contributed by atoms with van der Waals surface area (Å²) in [7, 11) is 0. The first-order valence-corrected chi connectivity index (χ1v) is 4.69. The molecule has 0 aliphatic heterocycles. The lowest BCUT2D eigenvalue weighted by molar-refractivity contribution is -0.140. The zero-order chi connectivity index (χ0) is 9.68. The van der Waals surface area contributed by atoms with E-state index in [0.717, 1.165) is 25.7 Å². The van der Waals surface area contributed by atoms with Crippen molar-refractivity contribution in [3.05, 3.63) is 0 Å². The van der Waals surface area contributed by atoms with Gasteiger partial charge in [-0.25, -0.2) is 0 Å². The van der Waals surface area contributed by atoms with Crippen LogP contribution in [0.25, 0.3) is 0 Å². The molecule has 1 rings (SSSR count). The molecule has 0 heterocycles. The first-order chi connectivity index (χ1) is 6.18. The lowest BCUT2D eigenvalue weighted by Crippen LogP contribution is -2.37. The molecule has 0 aromatic rings. The van der Waals surface area contributed by atoms with Crippen molar-refractivity contribution in [3.63, 3.8) is 0 Å². The van der Waals surface area contributed by atoms with Gasteiger partial charge in [-0.05, 0) is 12.8 Å². The van der Waals surface area contributed by atoms with Gasteiger partial charge in [-0.1, -0.05) is 19.3 Å². The summed E-state index contributed by atoms with van der Waals surface area (Å²) in [5, 5.41) is 11.1. The summed E-state index contributed by atoms with van der Waals surface area (Å²) in [6.45, 7) is 0. The largest absolute Gasteiger partial charge is 0.481 e. The van der Waals surface area contributed by atoms with E-state index < -0.39 is 12.4 Å². The van der Waals surface area contributed by atoms with E-state index in [0.29, 0.717) is 0 Å². The van der Waals surface area contributed by atoms with Crippen molar-refractivity contribution in [2.45, 2.75) is 44.6 Å². The molecule has 1 amide bonds. The maximum Gasteiger partial charge on any atom is 0.312 e. The average Bonchev–Trinajstić information content (AvgIpc) is 2.04. The number of carboxylic acid groups (broad SMARTS) is 1. The Morgan fingerprint density at radius 3 is 2.38 bits per heavy atom. The molecule has 1 aliphatic rings. The summed E-state index contributed by atoms with van der Waals surface area (Å²) in [6.07, 6.45) is 5.08. The first kappa shape index (κ1) is 10.0. The van der Waals surface area contributed by atoms with Crippen molar-refractivity contribution in [2.75, 3.05) is 0 Å². The smallest absolute Gasteiger partial charge is 0.312 e. The van der Waals surface area contributed by atoms with Gasteiger partial charge in [-0.3, -0.25) is 9.59 Å². The molecular weight excluding hydrogens is 170 g/mol. The topological polar surface area (TPSA) is 66.4 Å². The van der Waals surface area contributed by atoms with Gasteiger partial charge in [0.15, 0.2) is 0 Å². The van der Waals surface area contributed by atoms with Crippen LogP contribution >= 0.6 is 0 Å². The lowest BCUT2D eigenvalue weighted by Gasteiger charge is -2.22. The van der Waals surface area contributed by atoms with Crippen LogP contribution < -0.4 is 5.32 Å². The summed E-state index contributed by atoms with van der Waals surface area (Å²) in [6, 6.07) is 0.209. The van der Waals surface area contributed by atoms with Crippen molar-refractivity contribution >= 4 is 11.9 Å². The number of nitrogens with one attached hydrogen (secondary N) is 1. The highest BCUT2D eigenvalue weighted by Crippen LogP contribution is 2.17. The molecule has 1 aliphatic carbocycles. The Kier molecular flexibility index (Phi) is 3.73. The average molecular weight is 185 g/mol. The van der Waals surface area contributed by atoms with E-state index in [9.17, 15) is 9.59 Å². The number of carbonyl (C=O) groups excluding carboxylic acids is 1. The van der Waals surface area contributed by atoms with Gasteiger partial charge in [-0.15, -0.1) is 0 Å². The SMILES string of the molecule is O=C(O)CC(=O)NC1CCCCC1. The van der Waals surface area contributed by atoms with E-state index in [1.807, 2.05) is 0 Å². The number of amides is 1. The van der Waals surface area contributed by atoms with Gasteiger partial charge >= 0.3 is 5.97 Å². The van der Waals surface area contributed by atoms with E-state index >= 15 is 0 Å². The van der Waals surface area contributed by atoms with Crippen LogP contribution in [0, 0.1) is 0 Å². The molecule has 0 spiro atoms. The van der Waals surface area contributed by atoms with Gasteiger partial charge in [0.25, 0.3) is 0 Å². The van der Waals surface area contributed by atoms with Gasteiger partial charge in [0, 0.05) is 6.04 Å². The summed E-state index contributed by atoms with van der Waals surface area (Å²) in [5.41, 5.74) is 0. The fourth-order valence-electron chi connectivity index (χ4n) is 1.66. The number of carboxylic acids is 1. The molecule has 1 saturated carbocycles. The fourth-order valence-corrected chi connectivity index (χ4v) is 1.66. The predicted octanol–water partition coefficient (Wildman–Crippen LogP) is 0.910. The predicted molar refractivity (Wildman–Crippen MR) is 47.3 cm³/mol. The summed E-state index contributed by atoms with van der Waals surface area (Å²) < 4.78 is 0. The quantitative estimate of drug-likeness (QED) is 0.642. The van der Waals surface area contributed by atoms with Crippen LogP contribution in [-0.4, -0.2) is 23.0 Å². The van der Waals surface area contributed by atoms with Crippen LogP contribution in [0.4, 0.5) is 0 Å². The van der Waals surface area contributed by atoms with E-state index in [-0.39, 0.29) is 11.9 Å². The van der Waals surface area contributed by atoms with Crippen molar-refractivity contribution in [1.29, 1.82) is 0 Å². The minimum absolute atomic E-state index is 0.209. The maximum absolute atomic E-state index is 11.0. The molecule has 1 fully saturated rings. The molecule has 13 heavy (non-hydrogen) atoms. The molecule has 0 radical (unpaired) electrons. The summed E-state index contributed by atoms with van der Waals surface area (Å²) in [4.78, 5) is 21.2. The Hall–Kier alpha value is -1.06. The highest BCUT2D eigenvalue weighted by molar-refractivity contribution is 5.93. The number of hydrogen-bond donors (Lipinski definition) is 2. The van der Waals surface area contributed by atoms with Gasteiger partial charge in [0.2, 0.25) is 5.91 Å². The van der Waals surface area contributed by atoms with E-state index in [1.54, 1.807) is 0 Å². The zero-order valence-corrected chi connectivity index (χ0v) is 7.58. The third kappa shape index (κ3) is 3.92. The Morgan fingerprint density at radius 2 is 1.85 bits per heavy atom. The van der Waals surface area contributed by atoms with Crippen LogP contribution in [0.15, 0.2) is 0 Å². The van der Waals surface area contributed by atoms with Crippen LogP contribution in [0.2, 0.25) is 0 Å². The third-order valence-corrected chi connectivity index (χ3v) is 2.28. The first-order valence-electron chi connectivity index (χ1n) is 4.69. The Balaban J connectivity index is 2.22. The Labute approximate surface area is 77.3 Å². The molecule has 2 N–H and O–H groups in total. The number of rotatable bonds is 3. The van der Waals surface area contributed by atoms with Gasteiger partial charge in [-0.2, -0.15) is 0 Å². The summed E-state index contributed by atoms with van der Waals surface area (Å²) >= 11 is 0. The molecular formula is C9H15NO3. The van der Waals surface area contributed by atoms with Crippen molar-refractivity contribution in [2.24, 2.45) is 0 Å². The van der Waals surface area contributed by atoms with E-state index in [4.69, 9.17) is 5.11 Å². The molecule has 0 aromatic carbocycles. The normalized spacial score (nSPS) is 18.2. The minimum Gasteiger partial charge on any atom is -0.481 e. The standard InChI is InChI=1S/C9H15NO3/c11-8(6-9(12)13)10-7-4-2-1-3-5-7/h7H,1-6H2,(H,10,11)(H,12,13). The monoisotopic (exact) mass is 185 g/mol. The molecule has 0 atom stereocenters. The summed E-state index contributed by atoms with van der Waals surface area (Å²) in [5.74, 6) is -1.42. The number of aliphatic carboxylic acids is 1. The molecule has 0 bridgehead atoms. The number of carbonyl (C=O) groups is 2. The van der Waals surface area contributed by atoms with Crippen LogP contribution in [0.3, 0.4) is 0 Å². The highest BCUT2D eigenvalue weighted by atomic mass is 16.4. The van der Waals surface area contributed by atoms with Gasteiger partial charge in [0.05, 0.1) is 0 Å². The second kappa shape index (κ2) is 4.84. The lowest BCUT2D eigenvalue weighted by atomic mass is 9.95. The highest BCUT2D eigenvalue weighted by Gasteiger charge is 2.16. The van der Waals surface area contributed by atoms with Crippen LogP contribution in [0.5, 0.6) is 0 Å². The molecule has 74 valence electrons.